The Morgan fingerprint density at radius 1 is 0.882 bits per heavy atom. The van der Waals surface area contributed by atoms with Crippen molar-refractivity contribution in [3.05, 3.63) is 0 Å². The molecule has 0 aromatic heterocycles. The SMILES string of the molecule is CC1(C)CCC(O)(C2CCCCC2)C(C)(C)C1. The highest BCUT2D eigenvalue weighted by Gasteiger charge is 2.53. The Labute approximate surface area is 107 Å². The van der Waals surface area contributed by atoms with Crippen molar-refractivity contribution < 1.29 is 5.11 Å². The highest BCUT2D eigenvalue weighted by atomic mass is 16.3. The standard InChI is InChI=1S/C16H30O/c1-14(2)10-11-16(17,15(3,4)12-14)13-8-6-5-7-9-13/h13,17H,5-12H2,1-4H3. The lowest BCUT2D eigenvalue weighted by atomic mass is 9.52. The predicted molar refractivity (Wildman–Crippen MR) is 72.9 cm³/mol. The van der Waals surface area contributed by atoms with E-state index < -0.39 is 5.60 Å². The van der Waals surface area contributed by atoms with Crippen molar-refractivity contribution in [2.24, 2.45) is 16.7 Å². The third kappa shape index (κ3) is 2.41. The van der Waals surface area contributed by atoms with Gasteiger partial charge in [-0.25, -0.2) is 0 Å². The second kappa shape index (κ2) is 4.26. The Balaban J connectivity index is 2.18. The summed E-state index contributed by atoms with van der Waals surface area (Å²) in [6, 6.07) is 0. The Kier molecular flexibility index (Phi) is 3.36. The topological polar surface area (TPSA) is 20.2 Å². The van der Waals surface area contributed by atoms with E-state index in [1.807, 2.05) is 0 Å². The summed E-state index contributed by atoms with van der Waals surface area (Å²) < 4.78 is 0. The zero-order chi connectivity index (χ0) is 12.7. The van der Waals surface area contributed by atoms with E-state index in [4.69, 9.17) is 0 Å². The van der Waals surface area contributed by atoms with Crippen LogP contribution in [0.25, 0.3) is 0 Å². The molecule has 0 saturated heterocycles. The van der Waals surface area contributed by atoms with E-state index in [1.165, 1.54) is 38.5 Å². The van der Waals surface area contributed by atoms with Crippen LogP contribution in [0.4, 0.5) is 0 Å². The fourth-order valence-electron chi connectivity index (χ4n) is 4.64. The average Bonchev–Trinajstić information content (AvgIpc) is 2.24. The maximum atomic E-state index is 11.3. The van der Waals surface area contributed by atoms with Crippen LogP contribution in [0.3, 0.4) is 0 Å². The lowest BCUT2D eigenvalue weighted by Crippen LogP contribution is -2.56. The van der Waals surface area contributed by atoms with Gasteiger partial charge in [-0.1, -0.05) is 47.0 Å². The molecular weight excluding hydrogens is 208 g/mol. The van der Waals surface area contributed by atoms with Crippen molar-refractivity contribution in [3.63, 3.8) is 0 Å². The molecule has 0 aromatic carbocycles. The summed E-state index contributed by atoms with van der Waals surface area (Å²) in [5.74, 6) is 0.558. The molecule has 2 aliphatic carbocycles. The van der Waals surface area contributed by atoms with Gasteiger partial charge in [0.15, 0.2) is 0 Å². The summed E-state index contributed by atoms with van der Waals surface area (Å²) in [6.45, 7) is 9.30. The van der Waals surface area contributed by atoms with Crippen LogP contribution in [0, 0.1) is 16.7 Å². The molecule has 0 bridgehead atoms. The molecule has 17 heavy (non-hydrogen) atoms. The minimum atomic E-state index is -0.400. The number of hydrogen-bond donors (Lipinski definition) is 1. The Hall–Kier alpha value is -0.0400. The summed E-state index contributed by atoms with van der Waals surface area (Å²) >= 11 is 0. The molecule has 2 rings (SSSR count). The summed E-state index contributed by atoms with van der Waals surface area (Å²) in [7, 11) is 0. The Morgan fingerprint density at radius 3 is 2.00 bits per heavy atom. The van der Waals surface area contributed by atoms with Crippen molar-refractivity contribution in [3.8, 4) is 0 Å². The maximum Gasteiger partial charge on any atom is 0.0726 e. The minimum Gasteiger partial charge on any atom is -0.389 e. The van der Waals surface area contributed by atoms with Crippen molar-refractivity contribution in [2.75, 3.05) is 0 Å². The molecule has 0 heterocycles. The van der Waals surface area contributed by atoms with Gasteiger partial charge in [0.25, 0.3) is 0 Å². The van der Waals surface area contributed by atoms with Crippen LogP contribution in [0.2, 0.25) is 0 Å². The summed E-state index contributed by atoms with van der Waals surface area (Å²) in [5.41, 5.74) is 0.0874. The first-order valence-electron chi connectivity index (χ1n) is 7.49. The van der Waals surface area contributed by atoms with Gasteiger partial charge in [0, 0.05) is 0 Å². The fraction of sp³-hybridized carbons (Fsp3) is 1.00. The van der Waals surface area contributed by atoms with Gasteiger partial charge < -0.3 is 5.11 Å². The molecule has 2 fully saturated rings. The largest absolute Gasteiger partial charge is 0.389 e. The van der Waals surface area contributed by atoms with Gasteiger partial charge in [0.2, 0.25) is 0 Å². The van der Waals surface area contributed by atoms with Gasteiger partial charge >= 0.3 is 0 Å². The highest BCUT2D eigenvalue weighted by Crippen LogP contribution is 2.56. The number of hydrogen-bond acceptors (Lipinski definition) is 1. The van der Waals surface area contributed by atoms with E-state index >= 15 is 0 Å². The molecular formula is C16H30O. The molecule has 0 radical (unpaired) electrons. The molecule has 1 nitrogen and oxygen atoms in total. The van der Waals surface area contributed by atoms with Crippen molar-refractivity contribution in [1.29, 1.82) is 0 Å². The lowest BCUT2D eigenvalue weighted by Gasteiger charge is -2.56. The van der Waals surface area contributed by atoms with Crippen LogP contribution in [0.1, 0.15) is 79.1 Å². The van der Waals surface area contributed by atoms with Gasteiger partial charge in [-0.05, 0) is 48.9 Å². The summed E-state index contributed by atoms with van der Waals surface area (Å²) in [4.78, 5) is 0. The first kappa shape index (κ1) is 13.4. The number of rotatable bonds is 1. The van der Waals surface area contributed by atoms with Gasteiger partial charge in [-0.2, -0.15) is 0 Å². The third-order valence-corrected chi connectivity index (χ3v) is 5.56. The monoisotopic (exact) mass is 238 g/mol. The summed E-state index contributed by atoms with van der Waals surface area (Å²) in [6.07, 6.45) is 9.88. The molecule has 0 aliphatic heterocycles. The van der Waals surface area contributed by atoms with Crippen molar-refractivity contribution >= 4 is 0 Å². The fourth-order valence-corrected chi connectivity index (χ4v) is 4.64. The quantitative estimate of drug-likeness (QED) is 0.711. The summed E-state index contributed by atoms with van der Waals surface area (Å²) in [5, 5.41) is 11.3. The molecule has 2 saturated carbocycles. The molecule has 2 aliphatic rings. The molecule has 1 N–H and O–H groups in total. The molecule has 0 spiro atoms. The van der Waals surface area contributed by atoms with Crippen LogP contribution >= 0.6 is 0 Å². The highest BCUT2D eigenvalue weighted by molar-refractivity contribution is 5.04. The van der Waals surface area contributed by atoms with Crippen LogP contribution in [0.15, 0.2) is 0 Å². The van der Waals surface area contributed by atoms with E-state index in [-0.39, 0.29) is 5.41 Å². The zero-order valence-corrected chi connectivity index (χ0v) is 12.2. The molecule has 0 amide bonds. The van der Waals surface area contributed by atoms with Crippen molar-refractivity contribution in [1.82, 2.24) is 0 Å². The Morgan fingerprint density at radius 2 is 1.47 bits per heavy atom. The maximum absolute atomic E-state index is 11.3. The first-order valence-corrected chi connectivity index (χ1v) is 7.49. The number of aliphatic hydroxyl groups is 1. The molecule has 0 aromatic rings. The predicted octanol–water partition coefficient (Wildman–Crippen LogP) is 4.53. The third-order valence-electron chi connectivity index (χ3n) is 5.56. The van der Waals surface area contributed by atoms with Crippen LogP contribution in [-0.4, -0.2) is 10.7 Å². The molecule has 1 unspecified atom stereocenters. The minimum absolute atomic E-state index is 0.0801. The second-order valence-corrected chi connectivity index (χ2v) is 7.98. The zero-order valence-electron chi connectivity index (χ0n) is 12.2. The second-order valence-electron chi connectivity index (χ2n) is 7.98. The van der Waals surface area contributed by atoms with E-state index in [0.29, 0.717) is 11.3 Å². The lowest BCUT2D eigenvalue weighted by molar-refractivity contribution is -0.167. The molecule has 1 atom stereocenters. The smallest absolute Gasteiger partial charge is 0.0726 e. The average molecular weight is 238 g/mol. The van der Waals surface area contributed by atoms with Crippen LogP contribution < -0.4 is 0 Å². The van der Waals surface area contributed by atoms with Crippen LogP contribution in [0.5, 0.6) is 0 Å². The van der Waals surface area contributed by atoms with Gasteiger partial charge in [-0.15, -0.1) is 0 Å². The van der Waals surface area contributed by atoms with E-state index in [2.05, 4.69) is 27.7 Å². The van der Waals surface area contributed by atoms with Crippen LogP contribution in [-0.2, 0) is 0 Å². The molecule has 1 heteroatoms. The normalized spacial score (nSPS) is 37.9. The molecule has 100 valence electrons. The van der Waals surface area contributed by atoms with E-state index in [0.717, 1.165) is 12.8 Å². The van der Waals surface area contributed by atoms with Crippen molar-refractivity contribution in [2.45, 2.75) is 84.7 Å². The van der Waals surface area contributed by atoms with E-state index in [1.54, 1.807) is 0 Å². The van der Waals surface area contributed by atoms with Gasteiger partial charge in [0.05, 0.1) is 5.60 Å². The van der Waals surface area contributed by atoms with Gasteiger partial charge in [-0.3, -0.25) is 0 Å². The van der Waals surface area contributed by atoms with Gasteiger partial charge in [0.1, 0.15) is 0 Å². The Bertz CT molecular complexity index is 273. The first-order chi connectivity index (χ1) is 7.77. The van der Waals surface area contributed by atoms with E-state index in [9.17, 15) is 5.11 Å².